The van der Waals surface area contributed by atoms with E-state index >= 15 is 0 Å². The third-order valence-corrected chi connectivity index (χ3v) is 2.95. The van der Waals surface area contributed by atoms with Crippen LogP contribution in [0, 0.1) is 0 Å². The lowest BCUT2D eigenvalue weighted by atomic mass is 10.1. The summed E-state index contributed by atoms with van der Waals surface area (Å²) in [7, 11) is 3.05. The summed E-state index contributed by atoms with van der Waals surface area (Å²) in [4.78, 5) is 11.5. The molecule has 0 radical (unpaired) electrons. The fourth-order valence-electron chi connectivity index (χ4n) is 1.91. The Hall–Kier alpha value is -1.55. The van der Waals surface area contributed by atoms with Gasteiger partial charge in [-0.25, -0.2) is 0 Å². The van der Waals surface area contributed by atoms with Crippen molar-refractivity contribution >= 4 is 5.97 Å². The number of methoxy groups -OCH3 is 2. The first-order chi connectivity index (χ1) is 8.63. The molecule has 1 aromatic carbocycles. The van der Waals surface area contributed by atoms with E-state index in [2.05, 4.69) is 5.32 Å². The molecule has 0 bridgehead atoms. The molecule has 0 aliphatic carbocycles. The lowest BCUT2D eigenvalue weighted by molar-refractivity contribution is -0.143. The van der Waals surface area contributed by atoms with Gasteiger partial charge in [0.05, 0.1) is 14.2 Å². The zero-order chi connectivity index (χ0) is 13.5. The van der Waals surface area contributed by atoms with Crippen LogP contribution in [0.25, 0.3) is 0 Å². The predicted molar refractivity (Wildman–Crippen MR) is 70.6 cm³/mol. The molecule has 0 spiro atoms. The third-order valence-electron chi connectivity index (χ3n) is 2.95. The van der Waals surface area contributed by atoms with Crippen molar-refractivity contribution in [2.75, 3.05) is 14.2 Å². The van der Waals surface area contributed by atoms with Crippen LogP contribution < -0.4 is 10.1 Å². The van der Waals surface area contributed by atoms with Gasteiger partial charge in [-0.2, -0.15) is 0 Å². The molecule has 0 amide bonds. The van der Waals surface area contributed by atoms with Crippen LogP contribution in [-0.4, -0.2) is 26.2 Å². The van der Waals surface area contributed by atoms with Crippen LogP contribution in [-0.2, 0) is 9.53 Å². The summed E-state index contributed by atoms with van der Waals surface area (Å²) < 4.78 is 10.1. The zero-order valence-corrected chi connectivity index (χ0v) is 11.4. The average molecular weight is 251 g/mol. The summed E-state index contributed by atoms with van der Waals surface area (Å²) in [5.41, 5.74) is 1.03. The average Bonchev–Trinajstić information content (AvgIpc) is 2.43. The van der Waals surface area contributed by atoms with E-state index in [1.807, 2.05) is 38.1 Å². The molecule has 0 saturated carbocycles. The van der Waals surface area contributed by atoms with Gasteiger partial charge in [0.2, 0.25) is 0 Å². The monoisotopic (exact) mass is 251 g/mol. The highest BCUT2D eigenvalue weighted by Gasteiger charge is 2.20. The van der Waals surface area contributed by atoms with Crippen LogP contribution in [0.3, 0.4) is 0 Å². The van der Waals surface area contributed by atoms with Crippen LogP contribution in [0.4, 0.5) is 0 Å². The summed E-state index contributed by atoms with van der Waals surface area (Å²) in [6.45, 7) is 3.95. The van der Waals surface area contributed by atoms with Gasteiger partial charge in [0, 0.05) is 11.6 Å². The number of hydrogen-bond acceptors (Lipinski definition) is 4. The van der Waals surface area contributed by atoms with Crippen LogP contribution in [0.15, 0.2) is 24.3 Å². The second-order valence-electron chi connectivity index (χ2n) is 4.11. The Bertz CT molecular complexity index is 392. The zero-order valence-electron chi connectivity index (χ0n) is 11.4. The Morgan fingerprint density at radius 1 is 1.33 bits per heavy atom. The van der Waals surface area contributed by atoms with E-state index < -0.39 is 0 Å². The Kier molecular flexibility index (Phi) is 5.65. The molecule has 1 unspecified atom stereocenters. The van der Waals surface area contributed by atoms with Gasteiger partial charge in [0.25, 0.3) is 0 Å². The molecular formula is C14H21NO3. The van der Waals surface area contributed by atoms with Crippen LogP contribution >= 0.6 is 0 Å². The lowest BCUT2D eigenvalue weighted by Crippen LogP contribution is -2.38. The van der Waals surface area contributed by atoms with Gasteiger partial charge < -0.3 is 9.47 Å². The fraction of sp³-hybridized carbons (Fsp3) is 0.500. The van der Waals surface area contributed by atoms with Gasteiger partial charge in [-0.05, 0) is 19.4 Å². The van der Waals surface area contributed by atoms with Crippen molar-refractivity contribution in [1.82, 2.24) is 5.32 Å². The van der Waals surface area contributed by atoms with Crippen molar-refractivity contribution in [2.24, 2.45) is 0 Å². The van der Waals surface area contributed by atoms with Crippen molar-refractivity contribution in [3.05, 3.63) is 29.8 Å². The second-order valence-corrected chi connectivity index (χ2v) is 4.11. The van der Waals surface area contributed by atoms with E-state index in [9.17, 15) is 4.79 Å². The summed E-state index contributed by atoms with van der Waals surface area (Å²) in [5.74, 6) is 0.580. The molecule has 4 heteroatoms. The number of hydrogen-bond donors (Lipinski definition) is 1. The maximum absolute atomic E-state index is 11.5. The van der Waals surface area contributed by atoms with Gasteiger partial charge in [-0.15, -0.1) is 0 Å². The first kappa shape index (κ1) is 14.5. The molecule has 0 heterocycles. The Labute approximate surface area is 108 Å². The largest absolute Gasteiger partial charge is 0.496 e. The summed E-state index contributed by atoms with van der Waals surface area (Å²) >= 11 is 0. The normalized spacial score (nSPS) is 13.8. The molecule has 1 rings (SSSR count). The SMILES string of the molecule is CCC(N[C@H](C)c1ccccc1OC)C(=O)OC. The van der Waals surface area contributed by atoms with E-state index in [1.54, 1.807) is 7.11 Å². The van der Waals surface area contributed by atoms with E-state index in [0.717, 1.165) is 11.3 Å². The van der Waals surface area contributed by atoms with Gasteiger partial charge in [0.15, 0.2) is 0 Å². The number of rotatable bonds is 6. The Balaban J connectivity index is 2.80. The molecular weight excluding hydrogens is 230 g/mol. The van der Waals surface area contributed by atoms with E-state index in [1.165, 1.54) is 7.11 Å². The van der Waals surface area contributed by atoms with Crippen molar-refractivity contribution in [2.45, 2.75) is 32.4 Å². The minimum absolute atomic E-state index is 0.0187. The summed E-state index contributed by atoms with van der Waals surface area (Å²) in [6, 6.07) is 7.50. The molecule has 0 aliphatic rings. The number of esters is 1. The highest BCUT2D eigenvalue weighted by Crippen LogP contribution is 2.24. The molecule has 2 atom stereocenters. The Morgan fingerprint density at radius 3 is 2.56 bits per heavy atom. The van der Waals surface area contributed by atoms with E-state index in [4.69, 9.17) is 9.47 Å². The minimum atomic E-state index is -0.296. The highest BCUT2D eigenvalue weighted by molar-refractivity contribution is 5.75. The van der Waals surface area contributed by atoms with Gasteiger partial charge in [-0.3, -0.25) is 10.1 Å². The number of ether oxygens (including phenoxy) is 2. The van der Waals surface area contributed by atoms with Gasteiger partial charge in [0.1, 0.15) is 11.8 Å². The van der Waals surface area contributed by atoms with Crippen molar-refractivity contribution in [3.8, 4) is 5.75 Å². The van der Waals surface area contributed by atoms with Crippen molar-refractivity contribution in [3.63, 3.8) is 0 Å². The number of carbonyl (C=O) groups is 1. The molecule has 0 fully saturated rings. The molecule has 0 aliphatic heterocycles. The van der Waals surface area contributed by atoms with Crippen LogP contribution in [0.5, 0.6) is 5.75 Å². The molecule has 0 saturated heterocycles. The first-order valence-electron chi connectivity index (χ1n) is 6.10. The quantitative estimate of drug-likeness (QED) is 0.788. The van der Waals surface area contributed by atoms with Gasteiger partial charge >= 0.3 is 5.97 Å². The fourth-order valence-corrected chi connectivity index (χ4v) is 1.91. The molecule has 0 aromatic heterocycles. The van der Waals surface area contributed by atoms with Crippen LogP contribution in [0.2, 0.25) is 0 Å². The van der Waals surface area contributed by atoms with Crippen molar-refractivity contribution in [1.29, 1.82) is 0 Å². The lowest BCUT2D eigenvalue weighted by Gasteiger charge is -2.22. The maximum Gasteiger partial charge on any atom is 0.322 e. The number of para-hydroxylation sites is 1. The smallest absolute Gasteiger partial charge is 0.322 e. The van der Waals surface area contributed by atoms with E-state index in [0.29, 0.717) is 6.42 Å². The topological polar surface area (TPSA) is 47.6 Å². The summed E-state index contributed by atoms with van der Waals surface area (Å²) in [6.07, 6.45) is 0.687. The maximum atomic E-state index is 11.5. The van der Waals surface area contributed by atoms with Crippen molar-refractivity contribution < 1.29 is 14.3 Å². The van der Waals surface area contributed by atoms with E-state index in [-0.39, 0.29) is 18.1 Å². The molecule has 18 heavy (non-hydrogen) atoms. The third kappa shape index (κ3) is 3.47. The number of carbonyl (C=O) groups excluding carboxylic acids is 1. The molecule has 100 valence electrons. The highest BCUT2D eigenvalue weighted by atomic mass is 16.5. The molecule has 1 aromatic rings. The van der Waals surface area contributed by atoms with Crippen LogP contribution in [0.1, 0.15) is 31.9 Å². The second kappa shape index (κ2) is 7.01. The Morgan fingerprint density at radius 2 is 2.00 bits per heavy atom. The summed E-state index contributed by atoms with van der Waals surface area (Å²) in [5, 5.41) is 3.25. The minimum Gasteiger partial charge on any atom is -0.496 e. The molecule has 1 N–H and O–H groups in total. The molecule has 4 nitrogen and oxygen atoms in total. The van der Waals surface area contributed by atoms with Gasteiger partial charge in [-0.1, -0.05) is 25.1 Å². The first-order valence-corrected chi connectivity index (χ1v) is 6.10. The standard InChI is InChI=1S/C14H21NO3/c1-5-12(14(16)18-4)15-10(2)11-8-6-7-9-13(11)17-3/h6-10,12,15H,5H2,1-4H3/t10-,12?/m1/s1. The number of benzene rings is 1. The predicted octanol–water partition coefficient (Wildman–Crippen LogP) is 2.30. The number of nitrogens with one attached hydrogen (secondary N) is 1.